The summed E-state index contributed by atoms with van der Waals surface area (Å²) in [7, 11) is 0. The smallest absolute Gasteiger partial charge is 0.264 e. The van der Waals surface area contributed by atoms with Crippen LogP contribution in [0.25, 0.3) is 22.0 Å². The van der Waals surface area contributed by atoms with Crippen LogP contribution in [0, 0.1) is 0 Å². The number of rotatable bonds is 1. The van der Waals surface area contributed by atoms with Gasteiger partial charge in [0.05, 0.1) is 16.1 Å². The Labute approximate surface area is 132 Å². The quantitative estimate of drug-likeness (QED) is 0.582. The van der Waals surface area contributed by atoms with Gasteiger partial charge in [0.25, 0.3) is 0 Å². The number of aromatic nitrogens is 3. The van der Waals surface area contributed by atoms with E-state index in [2.05, 4.69) is 15.0 Å². The summed E-state index contributed by atoms with van der Waals surface area (Å²) in [4.78, 5) is 11.6. The standard InChI is InChI=1S/C14H6Cl2F3N3/c15-10-2-1-7(11-12(10)21-6-22-13(11)16)8-5-20-4-3-9(8)14(17,18)19/h1-6H. The molecule has 3 aromatic rings. The topological polar surface area (TPSA) is 38.7 Å². The molecule has 0 saturated heterocycles. The first-order valence-corrected chi connectivity index (χ1v) is 6.75. The largest absolute Gasteiger partial charge is 0.417 e. The van der Waals surface area contributed by atoms with Crippen molar-refractivity contribution in [3.8, 4) is 11.1 Å². The fraction of sp³-hybridized carbons (Fsp3) is 0.0714. The van der Waals surface area contributed by atoms with Crippen LogP contribution in [0.5, 0.6) is 0 Å². The summed E-state index contributed by atoms with van der Waals surface area (Å²) in [6.07, 6.45) is -1.10. The number of nitrogens with zero attached hydrogens (tertiary/aromatic N) is 3. The Morgan fingerprint density at radius 3 is 2.45 bits per heavy atom. The normalized spacial score (nSPS) is 11.9. The third-order valence-electron chi connectivity index (χ3n) is 3.11. The molecule has 0 radical (unpaired) electrons. The minimum absolute atomic E-state index is 0.0273. The molecule has 2 aromatic heterocycles. The van der Waals surface area contributed by atoms with Crippen molar-refractivity contribution in [1.82, 2.24) is 15.0 Å². The Kier molecular flexibility index (Phi) is 3.66. The number of hydrogen-bond acceptors (Lipinski definition) is 3. The molecule has 0 saturated carbocycles. The molecular formula is C14H6Cl2F3N3. The van der Waals surface area contributed by atoms with Gasteiger partial charge in [-0.1, -0.05) is 29.3 Å². The lowest BCUT2D eigenvalue weighted by Crippen LogP contribution is -2.07. The first-order valence-electron chi connectivity index (χ1n) is 6.00. The van der Waals surface area contributed by atoms with Crippen LogP contribution in [-0.4, -0.2) is 15.0 Å². The summed E-state index contributed by atoms with van der Waals surface area (Å²) >= 11 is 12.1. The van der Waals surface area contributed by atoms with E-state index in [-0.39, 0.29) is 32.2 Å². The summed E-state index contributed by atoms with van der Waals surface area (Å²) in [6, 6.07) is 3.83. The van der Waals surface area contributed by atoms with E-state index in [1.54, 1.807) is 0 Å². The SMILES string of the molecule is FC(F)(F)c1ccncc1-c1ccc(Cl)c2ncnc(Cl)c12. The monoisotopic (exact) mass is 343 g/mol. The van der Waals surface area contributed by atoms with Crippen molar-refractivity contribution >= 4 is 34.1 Å². The van der Waals surface area contributed by atoms with Crippen LogP contribution in [-0.2, 0) is 6.18 Å². The molecule has 0 unspecified atom stereocenters. The van der Waals surface area contributed by atoms with E-state index in [9.17, 15) is 13.2 Å². The van der Waals surface area contributed by atoms with E-state index in [1.807, 2.05) is 0 Å². The van der Waals surface area contributed by atoms with E-state index < -0.39 is 11.7 Å². The number of benzene rings is 1. The van der Waals surface area contributed by atoms with Gasteiger partial charge in [0, 0.05) is 23.3 Å². The van der Waals surface area contributed by atoms with E-state index in [4.69, 9.17) is 23.2 Å². The van der Waals surface area contributed by atoms with Gasteiger partial charge in [-0.15, -0.1) is 0 Å². The van der Waals surface area contributed by atoms with Crippen LogP contribution < -0.4 is 0 Å². The fourth-order valence-corrected chi connectivity index (χ4v) is 2.62. The summed E-state index contributed by atoms with van der Waals surface area (Å²) in [5, 5.41) is 0.565. The number of halogens is 5. The zero-order chi connectivity index (χ0) is 15.9. The molecule has 0 atom stereocenters. The molecule has 22 heavy (non-hydrogen) atoms. The third-order valence-corrected chi connectivity index (χ3v) is 3.70. The predicted octanol–water partition coefficient (Wildman–Crippen LogP) is 5.02. The molecule has 0 aliphatic heterocycles. The fourth-order valence-electron chi connectivity index (χ4n) is 2.18. The maximum absolute atomic E-state index is 13.2. The molecule has 0 N–H and O–H groups in total. The minimum Gasteiger partial charge on any atom is -0.264 e. The van der Waals surface area contributed by atoms with Crippen LogP contribution in [0.4, 0.5) is 13.2 Å². The summed E-state index contributed by atoms with van der Waals surface area (Å²) < 4.78 is 39.6. The molecule has 0 aliphatic rings. The molecule has 0 spiro atoms. The molecule has 1 aromatic carbocycles. The van der Waals surface area contributed by atoms with Crippen molar-refractivity contribution in [2.75, 3.05) is 0 Å². The molecule has 0 aliphatic carbocycles. The average molecular weight is 344 g/mol. The highest BCUT2D eigenvalue weighted by molar-refractivity contribution is 6.39. The minimum atomic E-state index is -4.52. The van der Waals surface area contributed by atoms with Crippen molar-refractivity contribution in [2.24, 2.45) is 0 Å². The van der Waals surface area contributed by atoms with Crippen molar-refractivity contribution in [3.63, 3.8) is 0 Å². The maximum Gasteiger partial charge on any atom is 0.417 e. The molecule has 0 fully saturated rings. The second-order valence-electron chi connectivity index (χ2n) is 4.40. The lowest BCUT2D eigenvalue weighted by atomic mass is 9.98. The Hall–Kier alpha value is -1.92. The van der Waals surface area contributed by atoms with Gasteiger partial charge >= 0.3 is 6.18 Å². The number of hydrogen-bond donors (Lipinski definition) is 0. The highest BCUT2D eigenvalue weighted by atomic mass is 35.5. The second-order valence-corrected chi connectivity index (χ2v) is 5.17. The van der Waals surface area contributed by atoms with Crippen molar-refractivity contribution in [2.45, 2.75) is 6.18 Å². The van der Waals surface area contributed by atoms with E-state index >= 15 is 0 Å². The van der Waals surface area contributed by atoms with Crippen LogP contribution in [0.3, 0.4) is 0 Å². The van der Waals surface area contributed by atoms with E-state index in [0.29, 0.717) is 0 Å². The molecule has 2 heterocycles. The van der Waals surface area contributed by atoms with Gasteiger partial charge in [0.2, 0.25) is 0 Å². The lowest BCUT2D eigenvalue weighted by Gasteiger charge is -2.14. The molecule has 3 nitrogen and oxygen atoms in total. The van der Waals surface area contributed by atoms with Crippen LogP contribution >= 0.6 is 23.2 Å². The third kappa shape index (κ3) is 2.48. The van der Waals surface area contributed by atoms with Gasteiger partial charge in [-0.25, -0.2) is 9.97 Å². The van der Waals surface area contributed by atoms with E-state index in [0.717, 1.165) is 18.5 Å². The molecular weight excluding hydrogens is 338 g/mol. The number of alkyl halides is 3. The second kappa shape index (κ2) is 5.37. The Balaban J connectivity index is 2.41. The highest BCUT2D eigenvalue weighted by Crippen LogP contribution is 2.41. The van der Waals surface area contributed by atoms with Crippen LogP contribution in [0.15, 0.2) is 36.9 Å². The Bertz CT molecular complexity index is 866. The number of fused-ring (bicyclic) bond motifs is 1. The molecule has 8 heteroatoms. The summed E-state index contributed by atoms with van der Waals surface area (Å²) in [5.74, 6) is 0. The van der Waals surface area contributed by atoms with Gasteiger partial charge in [-0.3, -0.25) is 4.98 Å². The predicted molar refractivity (Wildman–Crippen MR) is 77.8 cm³/mol. The maximum atomic E-state index is 13.2. The lowest BCUT2D eigenvalue weighted by molar-refractivity contribution is -0.137. The summed E-state index contributed by atoms with van der Waals surface area (Å²) in [6.45, 7) is 0. The van der Waals surface area contributed by atoms with Crippen molar-refractivity contribution in [1.29, 1.82) is 0 Å². The number of pyridine rings is 1. The zero-order valence-electron chi connectivity index (χ0n) is 10.7. The highest BCUT2D eigenvalue weighted by Gasteiger charge is 2.34. The van der Waals surface area contributed by atoms with Gasteiger partial charge < -0.3 is 0 Å². The molecule has 0 amide bonds. The van der Waals surface area contributed by atoms with Gasteiger partial charge in [0.15, 0.2) is 0 Å². The van der Waals surface area contributed by atoms with E-state index in [1.165, 1.54) is 18.5 Å². The van der Waals surface area contributed by atoms with Gasteiger partial charge in [0.1, 0.15) is 11.5 Å². The first kappa shape index (κ1) is 15.0. The first-order chi connectivity index (χ1) is 10.4. The molecule has 0 bridgehead atoms. The van der Waals surface area contributed by atoms with Crippen molar-refractivity contribution in [3.05, 3.63) is 52.7 Å². The van der Waals surface area contributed by atoms with Gasteiger partial charge in [-0.2, -0.15) is 13.2 Å². The molecule has 3 rings (SSSR count). The van der Waals surface area contributed by atoms with Crippen LogP contribution in [0.2, 0.25) is 10.2 Å². The summed E-state index contributed by atoms with van der Waals surface area (Å²) in [5.41, 5.74) is -0.402. The Morgan fingerprint density at radius 1 is 0.955 bits per heavy atom. The Morgan fingerprint density at radius 2 is 1.73 bits per heavy atom. The molecule has 112 valence electrons. The van der Waals surface area contributed by atoms with Crippen LogP contribution in [0.1, 0.15) is 5.56 Å². The zero-order valence-corrected chi connectivity index (χ0v) is 12.2. The average Bonchev–Trinajstić information content (AvgIpc) is 2.48. The van der Waals surface area contributed by atoms with Gasteiger partial charge in [-0.05, 0) is 17.7 Å². The van der Waals surface area contributed by atoms with Crippen molar-refractivity contribution < 1.29 is 13.2 Å².